The number of aliphatic hydroxyl groups excluding tert-OH is 1. The van der Waals surface area contributed by atoms with Crippen molar-refractivity contribution >= 4 is 5.91 Å². The van der Waals surface area contributed by atoms with Gasteiger partial charge in [0, 0.05) is 26.3 Å². The molecule has 1 N–H and O–H groups in total. The van der Waals surface area contributed by atoms with Gasteiger partial charge in [0.25, 0.3) is 0 Å². The van der Waals surface area contributed by atoms with Crippen LogP contribution in [0.4, 0.5) is 0 Å². The normalized spacial score (nSPS) is 20.0. The number of rotatable bonds is 4. The van der Waals surface area contributed by atoms with E-state index < -0.39 is 0 Å². The number of aliphatic hydroxyl groups is 1. The summed E-state index contributed by atoms with van der Waals surface area (Å²) in [6.45, 7) is 5.09. The van der Waals surface area contributed by atoms with Crippen LogP contribution in [0.3, 0.4) is 0 Å². The van der Waals surface area contributed by atoms with Crippen molar-refractivity contribution in [1.29, 1.82) is 0 Å². The predicted molar refractivity (Wildman–Crippen MR) is 64.3 cm³/mol. The molecule has 4 heteroatoms. The quantitative estimate of drug-likeness (QED) is 0.796. The third-order valence-electron chi connectivity index (χ3n) is 2.74. The number of methoxy groups -OCH3 is 1. The molecule has 0 bridgehead atoms. The van der Waals surface area contributed by atoms with Crippen LogP contribution in [0.15, 0.2) is 0 Å². The largest absolute Gasteiger partial charge is 0.387 e. The molecule has 1 atom stereocenters. The topological polar surface area (TPSA) is 49.8 Å². The van der Waals surface area contributed by atoms with E-state index in [4.69, 9.17) is 9.84 Å². The number of piperidine rings is 1. The Bertz CT molecular complexity index is 185. The molecule has 1 rings (SSSR count). The zero-order valence-corrected chi connectivity index (χ0v) is 10.7. The molecule has 4 nitrogen and oxygen atoms in total. The standard InChI is InChI=1S/C10H19NO3.C2H6/c1-14-7-5-9-4-2-3-6-11(9)10(13)8-12;1-2/h9,12H,2-8H2,1H3;1-2H3. The molecule has 0 aliphatic carbocycles. The predicted octanol–water partition coefficient (Wildman–Crippen LogP) is 1.42. The number of likely N-dealkylation sites (tertiary alicyclic amines) is 1. The van der Waals surface area contributed by atoms with E-state index in [1.54, 1.807) is 12.0 Å². The van der Waals surface area contributed by atoms with Crippen molar-refractivity contribution in [1.82, 2.24) is 4.90 Å². The fraction of sp³-hybridized carbons (Fsp3) is 0.917. The van der Waals surface area contributed by atoms with Gasteiger partial charge < -0.3 is 14.7 Å². The second kappa shape index (κ2) is 9.60. The fourth-order valence-electron chi connectivity index (χ4n) is 1.97. The number of amides is 1. The highest BCUT2D eigenvalue weighted by Gasteiger charge is 2.25. The summed E-state index contributed by atoms with van der Waals surface area (Å²) in [7, 11) is 1.67. The molecule has 1 aliphatic rings. The Morgan fingerprint density at radius 1 is 1.44 bits per heavy atom. The Balaban J connectivity index is 0.00000106. The third kappa shape index (κ3) is 4.94. The minimum Gasteiger partial charge on any atom is -0.387 e. The lowest BCUT2D eigenvalue weighted by Gasteiger charge is -2.35. The maximum absolute atomic E-state index is 11.4. The lowest BCUT2D eigenvalue weighted by molar-refractivity contribution is -0.138. The van der Waals surface area contributed by atoms with E-state index in [0.717, 1.165) is 25.8 Å². The molecule has 0 radical (unpaired) electrons. The van der Waals surface area contributed by atoms with E-state index >= 15 is 0 Å². The molecule has 1 amide bonds. The molecule has 1 unspecified atom stereocenters. The number of hydrogen-bond acceptors (Lipinski definition) is 3. The summed E-state index contributed by atoms with van der Waals surface area (Å²) >= 11 is 0. The van der Waals surface area contributed by atoms with Crippen molar-refractivity contribution in [2.45, 2.75) is 45.6 Å². The number of carbonyl (C=O) groups excluding carboxylic acids is 1. The maximum atomic E-state index is 11.4. The Kier molecular flexibility index (Phi) is 9.24. The van der Waals surface area contributed by atoms with Gasteiger partial charge in [0.15, 0.2) is 0 Å². The molecule has 0 aromatic heterocycles. The molecule has 0 saturated carbocycles. The number of carbonyl (C=O) groups is 1. The average Bonchev–Trinajstić information content (AvgIpc) is 2.38. The van der Waals surface area contributed by atoms with Crippen molar-refractivity contribution in [2.24, 2.45) is 0 Å². The van der Waals surface area contributed by atoms with E-state index in [0.29, 0.717) is 6.61 Å². The van der Waals surface area contributed by atoms with Crippen LogP contribution in [0.5, 0.6) is 0 Å². The van der Waals surface area contributed by atoms with E-state index in [2.05, 4.69) is 0 Å². The lowest BCUT2D eigenvalue weighted by Crippen LogP contribution is -2.45. The van der Waals surface area contributed by atoms with Gasteiger partial charge in [0.05, 0.1) is 0 Å². The summed E-state index contributed by atoms with van der Waals surface area (Å²) in [5, 5.41) is 8.81. The summed E-state index contributed by atoms with van der Waals surface area (Å²) in [6, 6.07) is 0.267. The van der Waals surface area contributed by atoms with Gasteiger partial charge in [-0.15, -0.1) is 0 Å². The molecule has 0 aromatic carbocycles. The Hall–Kier alpha value is -0.610. The van der Waals surface area contributed by atoms with Crippen molar-refractivity contribution in [3.63, 3.8) is 0 Å². The van der Waals surface area contributed by atoms with Crippen LogP contribution in [0, 0.1) is 0 Å². The molecule has 1 saturated heterocycles. The zero-order chi connectivity index (χ0) is 12.4. The van der Waals surface area contributed by atoms with Gasteiger partial charge in [0.1, 0.15) is 6.61 Å². The van der Waals surface area contributed by atoms with Crippen LogP contribution in [0.1, 0.15) is 39.5 Å². The molecule has 0 spiro atoms. The van der Waals surface area contributed by atoms with Crippen LogP contribution in [0.25, 0.3) is 0 Å². The Morgan fingerprint density at radius 3 is 2.69 bits per heavy atom. The summed E-state index contributed by atoms with van der Waals surface area (Å²) in [4.78, 5) is 13.2. The summed E-state index contributed by atoms with van der Waals surface area (Å²) < 4.78 is 5.01. The van der Waals surface area contributed by atoms with Crippen molar-refractivity contribution in [3.8, 4) is 0 Å². The van der Waals surface area contributed by atoms with Gasteiger partial charge in [-0.1, -0.05) is 13.8 Å². The van der Waals surface area contributed by atoms with Crippen LogP contribution < -0.4 is 0 Å². The fourth-order valence-corrected chi connectivity index (χ4v) is 1.97. The monoisotopic (exact) mass is 231 g/mol. The summed E-state index contributed by atoms with van der Waals surface area (Å²) in [5.41, 5.74) is 0. The van der Waals surface area contributed by atoms with Crippen LogP contribution >= 0.6 is 0 Å². The van der Waals surface area contributed by atoms with Crippen molar-refractivity contribution in [3.05, 3.63) is 0 Å². The van der Waals surface area contributed by atoms with Gasteiger partial charge in [-0.25, -0.2) is 0 Å². The highest BCUT2D eigenvalue weighted by molar-refractivity contribution is 5.77. The Morgan fingerprint density at radius 2 is 2.12 bits per heavy atom. The van der Waals surface area contributed by atoms with Crippen LogP contribution in [-0.4, -0.2) is 48.8 Å². The minimum absolute atomic E-state index is 0.147. The number of ether oxygens (including phenoxy) is 1. The molecular weight excluding hydrogens is 206 g/mol. The molecule has 1 heterocycles. The molecule has 96 valence electrons. The molecule has 1 fully saturated rings. The van der Waals surface area contributed by atoms with Gasteiger partial charge >= 0.3 is 0 Å². The van der Waals surface area contributed by atoms with E-state index in [-0.39, 0.29) is 18.6 Å². The lowest BCUT2D eigenvalue weighted by atomic mass is 9.99. The zero-order valence-electron chi connectivity index (χ0n) is 10.7. The first kappa shape index (κ1) is 15.4. The van der Waals surface area contributed by atoms with Crippen LogP contribution in [-0.2, 0) is 9.53 Å². The molecule has 16 heavy (non-hydrogen) atoms. The SMILES string of the molecule is CC.COCCC1CCCCN1C(=O)CO. The van der Waals surface area contributed by atoms with Gasteiger partial charge in [-0.05, 0) is 25.7 Å². The second-order valence-corrected chi connectivity index (χ2v) is 3.68. The number of hydrogen-bond donors (Lipinski definition) is 1. The van der Waals surface area contributed by atoms with E-state index in [1.165, 1.54) is 6.42 Å². The van der Waals surface area contributed by atoms with Crippen molar-refractivity contribution in [2.75, 3.05) is 26.9 Å². The molecule has 0 aromatic rings. The Labute approximate surface area is 98.6 Å². The molecular formula is C12H25NO3. The van der Waals surface area contributed by atoms with Gasteiger partial charge in [-0.3, -0.25) is 4.79 Å². The second-order valence-electron chi connectivity index (χ2n) is 3.68. The minimum atomic E-state index is -0.372. The first-order valence-corrected chi connectivity index (χ1v) is 6.19. The summed E-state index contributed by atoms with van der Waals surface area (Å²) in [6.07, 6.45) is 4.14. The van der Waals surface area contributed by atoms with Gasteiger partial charge in [0.2, 0.25) is 5.91 Å². The highest BCUT2D eigenvalue weighted by Crippen LogP contribution is 2.19. The third-order valence-corrected chi connectivity index (χ3v) is 2.74. The van der Waals surface area contributed by atoms with Crippen LogP contribution in [0.2, 0.25) is 0 Å². The smallest absolute Gasteiger partial charge is 0.248 e. The first-order chi connectivity index (χ1) is 7.79. The van der Waals surface area contributed by atoms with E-state index in [9.17, 15) is 4.79 Å². The van der Waals surface area contributed by atoms with Gasteiger partial charge in [-0.2, -0.15) is 0 Å². The van der Waals surface area contributed by atoms with E-state index in [1.807, 2.05) is 13.8 Å². The highest BCUT2D eigenvalue weighted by atomic mass is 16.5. The average molecular weight is 231 g/mol. The maximum Gasteiger partial charge on any atom is 0.248 e. The molecule has 1 aliphatic heterocycles. The summed E-state index contributed by atoms with van der Waals surface area (Å²) in [5.74, 6) is -0.147. The first-order valence-electron chi connectivity index (χ1n) is 6.19. The number of nitrogens with zero attached hydrogens (tertiary/aromatic N) is 1. The van der Waals surface area contributed by atoms with Crippen molar-refractivity contribution < 1.29 is 14.6 Å².